The Bertz CT molecular complexity index is 161. The fourth-order valence-corrected chi connectivity index (χ4v) is 2.57. The highest BCUT2D eigenvalue weighted by molar-refractivity contribution is 8.00. The lowest BCUT2D eigenvalue weighted by molar-refractivity contribution is 0.570. The topological polar surface area (TPSA) is 12.0 Å². The summed E-state index contributed by atoms with van der Waals surface area (Å²) in [6.07, 6.45) is 3.59. The first-order valence-electron chi connectivity index (χ1n) is 4.67. The second-order valence-electron chi connectivity index (χ2n) is 3.77. The van der Waals surface area contributed by atoms with E-state index >= 15 is 0 Å². The quantitative estimate of drug-likeness (QED) is 0.678. The SMILES string of the molecule is CC(C)=CCNC1CSC(C)C1. The summed E-state index contributed by atoms with van der Waals surface area (Å²) in [5, 5.41) is 4.40. The molecular weight excluding hydrogens is 166 g/mol. The highest BCUT2D eigenvalue weighted by atomic mass is 32.2. The molecule has 2 atom stereocenters. The molecule has 2 heteroatoms. The van der Waals surface area contributed by atoms with Crippen molar-refractivity contribution >= 4 is 11.8 Å². The molecule has 70 valence electrons. The van der Waals surface area contributed by atoms with Gasteiger partial charge in [0, 0.05) is 23.6 Å². The zero-order valence-electron chi connectivity index (χ0n) is 8.26. The Hall–Kier alpha value is 0.0500. The standard InChI is InChI=1S/C10H19NS/c1-8(2)4-5-11-10-6-9(3)12-7-10/h4,9-11H,5-7H2,1-3H3. The summed E-state index contributed by atoms with van der Waals surface area (Å²) in [5.41, 5.74) is 1.40. The first kappa shape index (κ1) is 10.1. The van der Waals surface area contributed by atoms with E-state index in [1.54, 1.807) is 0 Å². The van der Waals surface area contributed by atoms with Crippen LogP contribution in [0.15, 0.2) is 11.6 Å². The highest BCUT2D eigenvalue weighted by Crippen LogP contribution is 2.25. The Kier molecular flexibility index (Phi) is 4.16. The van der Waals surface area contributed by atoms with Gasteiger partial charge in [-0.2, -0.15) is 11.8 Å². The molecule has 12 heavy (non-hydrogen) atoms. The molecule has 0 aliphatic carbocycles. The van der Waals surface area contributed by atoms with Gasteiger partial charge in [-0.15, -0.1) is 0 Å². The lowest BCUT2D eigenvalue weighted by Gasteiger charge is -2.08. The normalized spacial score (nSPS) is 28.9. The predicted molar refractivity (Wildman–Crippen MR) is 57.8 cm³/mol. The smallest absolute Gasteiger partial charge is 0.0171 e. The largest absolute Gasteiger partial charge is 0.310 e. The van der Waals surface area contributed by atoms with Crippen molar-refractivity contribution in [1.29, 1.82) is 0 Å². The van der Waals surface area contributed by atoms with Gasteiger partial charge in [0.1, 0.15) is 0 Å². The molecular formula is C10H19NS. The van der Waals surface area contributed by atoms with Crippen LogP contribution in [0.2, 0.25) is 0 Å². The number of thioether (sulfide) groups is 1. The Morgan fingerprint density at radius 1 is 1.58 bits per heavy atom. The van der Waals surface area contributed by atoms with Gasteiger partial charge < -0.3 is 5.32 Å². The maximum absolute atomic E-state index is 3.55. The van der Waals surface area contributed by atoms with Gasteiger partial charge in [0.05, 0.1) is 0 Å². The maximum atomic E-state index is 3.55. The Labute approximate surface area is 80.0 Å². The van der Waals surface area contributed by atoms with E-state index in [2.05, 4.69) is 43.9 Å². The van der Waals surface area contributed by atoms with Gasteiger partial charge in [-0.3, -0.25) is 0 Å². The van der Waals surface area contributed by atoms with Gasteiger partial charge in [0.25, 0.3) is 0 Å². The van der Waals surface area contributed by atoms with E-state index in [1.165, 1.54) is 17.7 Å². The van der Waals surface area contributed by atoms with Gasteiger partial charge in [-0.25, -0.2) is 0 Å². The van der Waals surface area contributed by atoms with Gasteiger partial charge >= 0.3 is 0 Å². The summed E-state index contributed by atoms with van der Waals surface area (Å²) < 4.78 is 0. The van der Waals surface area contributed by atoms with Crippen molar-refractivity contribution in [2.75, 3.05) is 12.3 Å². The third-order valence-electron chi connectivity index (χ3n) is 2.12. The van der Waals surface area contributed by atoms with E-state index in [1.807, 2.05) is 0 Å². The molecule has 2 unspecified atom stereocenters. The van der Waals surface area contributed by atoms with Gasteiger partial charge in [-0.1, -0.05) is 18.6 Å². The van der Waals surface area contributed by atoms with Crippen LogP contribution in [0.3, 0.4) is 0 Å². The van der Waals surface area contributed by atoms with Crippen LogP contribution < -0.4 is 5.32 Å². The fourth-order valence-electron chi connectivity index (χ4n) is 1.39. The van der Waals surface area contributed by atoms with Crippen molar-refractivity contribution in [3.05, 3.63) is 11.6 Å². The number of nitrogens with one attached hydrogen (secondary N) is 1. The van der Waals surface area contributed by atoms with Crippen LogP contribution in [-0.4, -0.2) is 23.6 Å². The predicted octanol–water partition coefficient (Wildman–Crippen LogP) is 2.44. The summed E-state index contributed by atoms with van der Waals surface area (Å²) >= 11 is 2.08. The first-order valence-corrected chi connectivity index (χ1v) is 5.71. The second-order valence-corrected chi connectivity index (χ2v) is 5.24. The number of rotatable bonds is 3. The van der Waals surface area contributed by atoms with Crippen molar-refractivity contribution in [1.82, 2.24) is 5.32 Å². The fraction of sp³-hybridized carbons (Fsp3) is 0.800. The molecule has 0 bridgehead atoms. The van der Waals surface area contributed by atoms with Crippen molar-refractivity contribution in [2.24, 2.45) is 0 Å². The molecule has 1 aliphatic heterocycles. The minimum Gasteiger partial charge on any atom is -0.310 e. The van der Waals surface area contributed by atoms with Crippen LogP contribution in [-0.2, 0) is 0 Å². The molecule has 1 nitrogen and oxygen atoms in total. The summed E-state index contributed by atoms with van der Waals surface area (Å²) in [7, 11) is 0. The second kappa shape index (κ2) is 4.93. The zero-order chi connectivity index (χ0) is 8.97. The van der Waals surface area contributed by atoms with Crippen molar-refractivity contribution in [3.8, 4) is 0 Å². The van der Waals surface area contributed by atoms with Gasteiger partial charge in [0.2, 0.25) is 0 Å². The molecule has 1 heterocycles. The van der Waals surface area contributed by atoms with Crippen LogP contribution in [0.5, 0.6) is 0 Å². The molecule has 0 saturated carbocycles. The Balaban J connectivity index is 2.12. The van der Waals surface area contributed by atoms with Crippen LogP contribution in [0.4, 0.5) is 0 Å². The van der Waals surface area contributed by atoms with E-state index in [9.17, 15) is 0 Å². The molecule has 1 rings (SSSR count). The highest BCUT2D eigenvalue weighted by Gasteiger charge is 2.20. The van der Waals surface area contributed by atoms with Crippen molar-refractivity contribution in [3.63, 3.8) is 0 Å². The molecule has 1 fully saturated rings. The third-order valence-corrected chi connectivity index (χ3v) is 3.47. The minimum absolute atomic E-state index is 0.751. The molecule has 0 aromatic carbocycles. The lowest BCUT2D eigenvalue weighted by atomic mass is 10.2. The molecule has 0 amide bonds. The molecule has 0 aromatic heterocycles. The van der Waals surface area contributed by atoms with E-state index in [-0.39, 0.29) is 0 Å². The molecule has 0 aromatic rings. The first-order chi connectivity index (χ1) is 5.68. The van der Waals surface area contributed by atoms with Crippen molar-refractivity contribution < 1.29 is 0 Å². The van der Waals surface area contributed by atoms with Crippen molar-refractivity contribution in [2.45, 2.75) is 38.5 Å². The lowest BCUT2D eigenvalue weighted by Crippen LogP contribution is -2.29. The zero-order valence-corrected chi connectivity index (χ0v) is 9.08. The summed E-state index contributed by atoms with van der Waals surface area (Å²) in [6.45, 7) is 7.65. The van der Waals surface area contributed by atoms with E-state index in [4.69, 9.17) is 0 Å². The molecule has 1 saturated heterocycles. The number of allylic oxidation sites excluding steroid dienone is 1. The van der Waals surface area contributed by atoms with Crippen LogP contribution in [0.1, 0.15) is 27.2 Å². The summed E-state index contributed by atoms with van der Waals surface area (Å²) in [6, 6.07) is 0.751. The van der Waals surface area contributed by atoms with Crippen LogP contribution in [0, 0.1) is 0 Å². The summed E-state index contributed by atoms with van der Waals surface area (Å²) in [4.78, 5) is 0. The molecule has 1 aliphatic rings. The Morgan fingerprint density at radius 3 is 2.83 bits per heavy atom. The third kappa shape index (κ3) is 3.63. The van der Waals surface area contributed by atoms with Crippen LogP contribution in [0.25, 0.3) is 0 Å². The number of hydrogen-bond donors (Lipinski definition) is 1. The van der Waals surface area contributed by atoms with Gasteiger partial charge in [0.15, 0.2) is 0 Å². The molecule has 0 radical (unpaired) electrons. The maximum Gasteiger partial charge on any atom is 0.0171 e. The van der Waals surface area contributed by atoms with Gasteiger partial charge in [-0.05, 0) is 20.3 Å². The molecule has 0 spiro atoms. The number of hydrogen-bond acceptors (Lipinski definition) is 2. The monoisotopic (exact) mass is 185 g/mol. The average molecular weight is 185 g/mol. The van der Waals surface area contributed by atoms with E-state index in [0.29, 0.717) is 0 Å². The molecule has 1 N–H and O–H groups in total. The van der Waals surface area contributed by atoms with E-state index < -0.39 is 0 Å². The Morgan fingerprint density at radius 2 is 2.33 bits per heavy atom. The van der Waals surface area contributed by atoms with Crippen LogP contribution >= 0.6 is 11.8 Å². The average Bonchev–Trinajstić information content (AvgIpc) is 2.35. The minimum atomic E-state index is 0.751. The van der Waals surface area contributed by atoms with E-state index in [0.717, 1.165) is 17.8 Å². The summed E-state index contributed by atoms with van der Waals surface area (Å²) in [5.74, 6) is 1.29.